The van der Waals surface area contributed by atoms with Gasteiger partial charge in [0.2, 0.25) is 0 Å². The molecule has 0 saturated heterocycles. The van der Waals surface area contributed by atoms with Crippen LogP contribution in [-0.2, 0) is 14.8 Å². The highest BCUT2D eigenvalue weighted by molar-refractivity contribution is 7.92. The van der Waals surface area contributed by atoms with Crippen molar-refractivity contribution >= 4 is 27.6 Å². The van der Waals surface area contributed by atoms with Gasteiger partial charge in [-0.15, -0.1) is 0 Å². The summed E-state index contributed by atoms with van der Waals surface area (Å²) in [5, 5.41) is 9.39. The van der Waals surface area contributed by atoms with E-state index in [0.717, 1.165) is 6.07 Å². The summed E-state index contributed by atoms with van der Waals surface area (Å²) in [6.45, 7) is 0.518. The summed E-state index contributed by atoms with van der Waals surface area (Å²) < 4.78 is 42.8. The van der Waals surface area contributed by atoms with Gasteiger partial charge in [-0.2, -0.15) is 0 Å². The summed E-state index contributed by atoms with van der Waals surface area (Å²) in [7, 11) is -3.00. The van der Waals surface area contributed by atoms with Crippen LogP contribution >= 0.6 is 0 Å². The Morgan fingerprint density at radius 2 is 1.78 bits per heavy atom. The van der Waals surface area contributed by atoms with Crippen molar-refractivity contribution in [3.05, 3.63) is 47.5 Å². The first-order valence-corrected chi connectivity index (χ1v) is 9.18. The van der Waals surface area contributed by atoms with E-state index in [9.17, 15) is 23.1 Å². The van der Waals surface area contributed by atoms with Gasteiger partial charge in [0.05, 0.1) is 28.8 Å². The van der Waals surface area contributed by atoms with Crippen molar-refractivity contribution < 1.29 is 37.3 Å². The molecule has 0 fully saturated rings. The Labute approximate surface area is 154 Å². The summed E-state index contributed by atoms with van der Waals surface area (Å²) in [6.07, 6.45) is 0. The average molecular weight is 393 g/mol. The molecule has 2 aromatic rings. The van der Waals surface area contributed by atoms with Gasteiger partial charge in [0, 0.05) is 12.1 Å². The lowest BCUT2D eigenvalue weighted by Gasteiger charge is -2.20. The Hall–Kier alpha value is -3.27. The lowest BCUT2D eigenvalue weighted by molar-refractivity contribution is 0.0599. The fourth-order valence-corrected chi connectivity index (χ4v) is 3.58. The van der Waals surface area contributed by atoms with E-state index in [1.807, 2.05) is 0 Å². The quantitative estimate of drug-likeness (QED) is 0.735. The molecule has 1 heterocycles. The number of carbonyl (C=O) groups excluding carboxylic acids is 1. The van der Waals surface area contributed by atoms with Crippen LogP contribution in [0.1, 0.15) is 20.7 Å². The van der Waals surface area contributed by atoms with Crippen LogP contribution < -0.4 is 14.2 Å². The largest absolute Gasteiger partial charge is 0.486 e. The Morgan fingerprint density at radius 3 is 2.41 bits per heavy atom. The molecule has 0 atom stereocenters. The van der Waals surface area contributed by atoms with Gasteiger partial charge in [0.15, 0.2) is 11.5 Å². The van der Waals surface area contributed by atoms with Crippen molar-refractivity contribution in [2.45, 2.75) is 4.90 Å². The molecule has 1 aliphatic heterocycles. The summed E-state index contributed by atoms with van der Waals surface area (Å²) in [5.74, 6) is -1.59. The average Bonchev–Trinajstić information content (AvgIpc) is 2.66. The molecule has 27 heavy (non-hydrogen) atoms. The number of ether oxygens (including phenoxy) is 3. The first-order chi connectivity index (χ1) is 12.8. The zero-order valence-electron chi connectivity index (χ0n) is 14.1. The van der Waals surface area contributed by atoms with Crippen LogP contribution in [0.4, 0.5) is 5.69 Å². The van der Waals surface area contributed by atoms with Crippen LogP contribution in [0.5, 0.6) is 11.5 Å². The van der Waals surface area contributed by atoms with Gasteiger partial charge in [-0.1, -0.05) is 6.07 Å². The van der Waals surface area contributed by atoms with Crippen molar-refractivity contribution in [2.24, 2.45) is 0 Å². The van der Waals surface area contributed by atoms with Crippen LogP contribution in [-0.4, -0.2) is 45.8 Å². The maximum Gasteiger partial charge on any atom is 0.337 e. The second-order valence-corrected chi connectivity index (χ2v) is 7.15. The zero-order chi connectivity index (χ0) is 19.6. The van der Waals surface area contributed by atoms with Crippen molar-refractivity contribution in [1.29, 1.82) is 0 Å². The van der Waals surface area contributed by atoms with Crippen LogP contribution in [0.15, 0.2) is 41.3 Å². The molecule has 10 heteroatoms. The molecule has 2 aromatic carbocycles. The highest BCUT2D eigenvalue weighted by atomic mass is 32.2. The maximum absolute atomic E-state index is 12.7. The first-order valence-electron chi connectivity index (χ1n) is 7.70. The molecule has 0 amide bonds. The fourth-order valence-electron chi connectivity index (χ4n) is 2.46. The van der Waals surface area contributed by atoms with E-state index in [1.54, 1.807) is 0 Å². The number of nitrogens with one attached hydrogen (secondary N) is 1. The smallest absolute Gasteiger partial charge is 0.337 e. The van der Waals surface area contributed by atoms with E-state index < -0.39 is 22.0 Å². The van der Waals surface area contributed by atoms with E-state index >= 15 is 0 Å². The van der Waals surface area contributed by atoms with Crippen LogP contribution in [0.2, 0.25) is 0 Å². The number of benzene rings is 2. The number of esters is 1. The van der Waals surface area contributed by atoms with Crippen molar-refractivity contribution in [3.63, 3.8) is 0 Å². The molecule has 0 saturated carbocycles. The highest BCUT2D eigenvalue weighted by Crippen LogP contribution is 2.36. The molecule has 0 aliphatic carbocycles. The Kier molecular flexibility index (Phi) is 4.91. The Balaban J connectivity index is 2.01. The molecule has 3 rings (SSSR count). The summed E-state index contributed by atoms with van der Waals surface area (Å²) in [4.78, 5) is 22.9. The van der Waals surface area contributed by atoms with Crippen molar-refractivity contribution in [2.75, 3.05) is 25.0 Å². The van der Waals surface area contributed by atoms with Gasteiger partial charge in [-0.3, -0.25) is 4.72 Å². The standard InChI is InChI=1S/C17H15NO8S/c1-24-17(21)10-3-2-4-11(7-10)27(22,23)18-13-9-15-14(25-5-6-26-15)8-12(13)16(19)20/h2-4,7-9,18H,5-6H2,1H3,(H,19,20). The summed E-state index contributed by atoms with van der Waals surface area (Å²) in [5.41, 5.74) is -0.442. The minimum atomic E-state index is -4.18. The van der Waals surface area contributed by atoms with Crippen molar-refractivity contribution in [3.8, 4) is 11.5 Å². The number of rotatable bonds is 5. The molecular weight excluding hydrogens is 378 g/mol. The third-order valence-corrected chi connectivity index (χ3v) is 5.09. The topological polar surface area (TPSA) is 128 Å². The minimum Gasteiger partial charge on any atom is -0.486 e. The second kappa shape index (κ2) is 7.16. The SMILES string of the molecule is COC(=O)c1cccc(S(=O)(=O)Nc2cc3c(cc2C(=O)O)OCCO3)c1. The van der Waals surface area contributed by atoms with Gasteiger partial charge >= 0.3 is 11.9 Å². The van der Waals surface area contributed by atoms with Gasteiger partial charge in [0.1, 0.15) is 13.2 Å². The van der Waals surface area contributed by atoms with Crippen LogP contribution in [0.25, 0.3) is 0 Å². The predicted molar refractivity (Wildman–Crippen MR) is 93.0 cm³/mol. The molecule has 1 aliphatic rings. The third-order valence-electron chi connectivity index (χ3n) is 3.72. The lowest BCUT2D eigenvalue weighted by atomic mass is 10.1. The summed E-state index contributed by atoms with van der Waals surface area (Å²) >= 11 is 0. The van der Waals surface area contributed by atoms with E-state index in [0.29, 0.717) is 0 Å². The van der Waals surface area contributed by atoms with E-state index in [4.69, 9.17) is 9.47 Å². The number of hydrogen-bond donors (Lipinski definition) is 2. The van der Waals surface area contributed by atoms with E-state index in [1.165, 1.54) is 37.4 Å². The number of carboxylic acids is 1. The minimum absolute atomic E-state index is 0.0426. The monoisotopic (exact) mass is 393 g/mol. The molecule has 0 spiro atoms. The first kappa shape index (κ1) is 18.5. The second-order valence-electron chi connectivity index (χ2n) is 5.47. The number of fused-ring (bicyclic) bond motifs is 1. The number of carboxylic acid groups (broad SMARTS) is 1. The zero-order valence-corrected chi connectivity index (χ0v) is 14.9. The molecular formula is C17H15NO8S. The summed E-state index contributed by atoms with van der Waals surface area (Å²) in [6, 6.07) is 7.62. The molecule has 0 aromatic heterocycles. The maximum atomic E-state index is 12.7. The van der Waals surface area contributed by atoms with Gasteiger partial charge in [-0.25, -0.2) is 18.0 Å². The Morgan fingerprint density at radius 1 is 1.11 bits per heavy atom. The number of aromatic carboxylic acids is 1. The predicted octanol–water partition coefficient (Wildman–Crippen LogP) is 1.74. The number of methoxy groups -OCH3 is 1. The normalized spacial score (nSPS) is 12.9. The lowest BCUT2D eigenvalue weighted by Crippen LogP contribution is -2.19. The third kappa shape index (κ3) is 3.80. The molecule has 9 nitrogen and oxygen atoms in total. The number of hydrogen-bond acceptors (Lipinski definition) is 7. The number of anilines is 1. The molecule has 142 valence electrons. The van der Waals surface area contributed by atoms with Gasteiger partial charge < -0.3 is 19.3 Å². The van der Waals surface area contributed by atoms with Crippen LogP contribution in [0.3, 0.4) is 0 Å². The van der Waals surface area contributed by atoms with Gasteiger partial charge in [0.25, 0.3) is 10.0 Å². The number of sulfonamides is 1. The molecule has 0 radical (unpaired) electrons. The molecule has 0 bridgehead atoms. The van der Waals surface area contributed by atoms with E-state index in [2.05, 4.69) is 9.46 Å². The molecule has 2 N–H and O–H groups in total. The van der Waals surface area contributed by atoms with Crippen molar-refractivity contribution in [1.82, 2.24) is 0 Å². The number of carbonyl (C=O) groups is 2. The van der Waals surface area contributed by atoms with Crippen LogP contribution in [0, 0.1) is 0 Å². The highest BCUT2D eigenvalue weighted by Gasteiger charge is 2.24. The molecule has 0 unspecified atom stereocenters. The van der Waals surface area contributed by atoms with Gasteiger partial charge in [-0.05, 0) is 18.2 Å². The van der Waals surface area contributed by atoms with E-state index in [-0.39, 0.29) is 46.4 Å². The Bertz CT molecular complexity index is 1020. The fraction of sp³-hybridized carbons (Fsp3) is 0.176.